The van der Waals surface area contributed by atoms with Crippen molar-refractivity contribution in [3.63, 3.8) is 0 Å². The second-order valence-corrected chi connectivity index (χ2v) is 25.9. The Bertz CT molecular complexity index is 362. The fourth-order valence-electron chi connectivity index (χ4n) is 2.99. The summed E-state index contributed by atoms with van der Waals surface area (Å²) < 4.78 is 19.5. The molecule has 0 aliphatic heterocycles. The highest BCUT2D eigenvalue weighted by molar-refractivity contribution is 7.20. The summed E-state index contributed by atoms with van der Waals surface area (Å²) >= 11 is 7.14. The molecule has 0 aliphatic carbocycles. The molecule has 2 atom stereocenters. The van der Waals surface area contributed by atoms with Gasteiger partial charge in [0.15, 0.2) is 8.32 Å². The van der Waals surface area contributed by atoms with Crippen LogP contribution in [0.5, 0.6) is 0 Å². The fraction of sp³-hybridized carbons (Fsp3) is 1.00. The van der Waals surface area contributed by atoms with Gasteiger partial charge in [0.25, 0.3) is 7.63 Å². The minimum Gasteiger partial charge on any atom is -0.437 e. The van der Waals surface area contributed by atoms with Crippen LogP contribution in [0, 0.1) is 0 Å². The second-order valence-electron chi connectivity index (χ2n) is 8.53. The predicted molar refractivity (Wildman–Crippen MR) is 113 cm³/mol. The lowest BCUT2D eigenvalue weighted by Crippen LogP contribution is -2.57. The van der Waals surface area contributed by atoms with E-state index < -0.39 is 33.1 Å². The summed E-state index contributed by atoms with van der Waals surface area (Å²) in [6.45, 7) is 24.0. The molecule has 0 bridgehead atoms. The quantitative estimate of drug-likeness (QED) is 0.299. The molecule has 8 heteroatoms. The highest BCUT2D eigenvalue weighted by atomic mass is 35.6. The zero-order chi connectivity index (χ0) is 18.7. The standard InChI is InChI=1S/C15H39ClO3Si4/c1-12-14(3)23(16,15(4)13-2)19-22(10,11)18-21(8,9)17-20(5,6)7/h14-15H,12-13H2,1-11H3. The molecule has 0 rings (SSSR count). The number of hydrogen-bond acceptors (Lipinski definition) is 3. The molecule has 0 amide bonds. The molecule has 0 aliphatic rings. The average molecular weight is 415 g/mol. The molecule has 0 saturated heterocycles. The zero-order valence-electron chi connectivity index (χ0n) is 17.2. The van der Waals surface area contributed by atoms with Gasteiger partial charge in [-0.05, 0) is 56.9 Å². The molecule has 140 valence electrons. The fourth-order valence-corrected chi connectivity index (χ4v) is 24.0. The summed E-state index contributed by atoms with van der Waals surface area (Å²) in [7, 11) is -8.53. The molecule has 0 fully saturated rings. The maximum Gasteiger partial charge on any atom is 0.313 e. The molecular formula is C15H39ClO3Si4. The van der Waals surface area contributed by atoms with Gasteiger partial charge in [-0.2, -0.15) is 0 Å². The Kier molecular flexibility index (Phi) is 9.00. The van der Waals surface area contributed by atoms with Gasteiger partial charge in [-0.15, -0.1) is 11.1 Å². The van der Waals surface area contributed by atoms with Gasteiger partial charge in [0, 0.05) is 0 Å². The van der Waals surface area contributed by atoms with Crippen molar-refractivity contribution in [2.75, 3.05) is 0 Å². The summed E-state index contributed by atoms with van der Waals surface area (Å²) in [5, 5.41) is 0. The minimum absolute atomic E-state index is 0.414. The van der Waals surface area contributed by atoms with Crippen molar-refractivity contribution in [2.45, 2.75) is 97.4 Å². The van der Waals surface area contributed by atoms with Crippen molar-refractivity contribution in [1.29, 1.82) is 0 Å². The van der Waals surface area contributed by atoms with E-state index in [1.807, 2.05) is 0 Å². The number of rotatable bonds is 10. The van der Waals surface area contributed by atoms with Crippen LogP contribution in [0.1, 0.15) is 40.5 Å². The summed E-state index contributed by atoms with van der Waals surface area (Å²) in [5.41, 5.74) is 0.828. The molecule has 2 unspecified atom stereocenters. The SMILES string of the molecule is CCC(C)[Si](Cl)(O[Si](C)(C)O[Si](C)(C)O[Si](C)(C)C)C(C)CC. The number of hydrogen-bond donors (Lipinski definition) is 0. The zero-order valence-corrected chi connectivity index (χ0v) is 21.9. The Morgan fingerprint density at radius 2 is 1.04 bits per heavy atom. The van der Waals surface area contributed by atoms with Crippen molar-refractivity contribution in [1.82, 2.24) is 0 Å². The van der Waals surface area contributed by atoms with Crippen molar-refractivity contribution in [2.24, 2.45) is 0 Å². The summed E-state index contributed by atoms with van der Waals surface area (Å²) in [6.07, 6.45) is 2.10. The van der Waals surface area contributed by atoms with Crippen LogP contribution < -0.4 is 0 Å². The summed E-state index contributed by atoms with van der Waals surface area (Å²) in [5.74, 6) is 0. The first-order valence-electron chi connectivity index (χ1n) is 8.88. The molecule has 0 aromatic rings. The van der Waals surface area contributed by atoms with E-state index in [4.69, 9.17) is 23.4 Å². The van der Waals surface area contributed by atoms with E-state index >= 15 is 0 Å². The maximum absolute atomic E-state index is 7.14. The lowest BCUT2D eigenvalue weighted by molar-refractivity contribution is 0.325. The van der Waals surface area contributed by atoms with Crippen molar-refractivity contribution in [3.05, 3.63) is 0 Å². The van der Waals surface area contributed by atoms with Crippen LogP contribution in [-0.4, -0.2) is 33.1 Å². The third-order valence-corrected chi connectivity index (χ3v) is 22.0. The van der Waals surface area contributed by atoms with E-state index in [2.05, 4.69) is 73.5 Å². The highest BCUT2D eigenvalue weighted by Crippen LogP contribution is 2.43. The van der Waals surface area contributed by atoms with Crippen molar-refractivity contribution < 1.29 is 12.3 Å². The third-order valence-electron chi connectivity index (χ3n) is 4.01. The van der Waals surface area contributed by atoms with Crippen LogP contribution in [-0.2, 0) is 12.3 Å². The molecule has 0 spiro atoms. The molecule has 0 heterocycles. The largest absolute Gasteiger partial charge is 0.437 e. The van der Waals surface area contributed by atoms with Gasteiger partial charge < -0.3 is 12.3 Å². The molecular weight excluding hydrogens is 376 g/mol. The van der Waals surface area contributed by atoms with E-state index in [1.54, 1.807) is 0 Å². The lowest BCUT2D eigenvalue weighted by atomic mass is 10.4. The van der Waals surface area contributed by atoms with E-state index in [1.165, 1.54) is 0 Å². The van der Waals surface area contributed by atoms with Gasteiger partial charge in [0.2, 0.25) is 0 Å². The molecule has 23 heavy (non-hydrogen) atoms. The first-order valence-corrected chi connectivity index (χ1v) is 21.0. The van der Waals surface area contributed by atoms with Gasteiger partial charge in [0.05, 0.1) is 0 Å². The Morgan fingerprint density at radius 1 is 0.696 bits per heavy atom. The van der Waals surface area contributed by atoms with Gasteiger partial charge in [-0.3, -0.25) is 0 Å². The van der Waals surface area contributed by atoms with Crippen molar-refractivity contribution in [3.8, 4) is 0 Å². The average Bonchev–Trinajstić information content (AvgIpc) is 2.30. The Labute approximate surface area is 153 Å². The van der Waals surface area contributed by atoms with Gasteiger partial charge in [-0.25, -0.2) is 0 Å². The Hall–Kier alpha value is 1.04. The summed E-state index contributed by atoms with van der Waals surface area (Å²) in [6, 6.07) is 0. The van der Waals surface area contributed by atoms with Crippen LogP contribution >= 0.6 is 11.1 Å². The predicted octanol–water partition coefficient (Wildman–Crippen LogP) is 6.56. The Morgan fingerprint density at radius 3 is 1.35 bits per heavy atom. The third kappa shape index (κ3) is 8.31. The molecule has 0 saturated carbocycles. The van der Waals surface area contributed by atoms with Crippen LogP contribution in [0.15, 0.2) is 0 Å². The monoisotopic (exact) mass is 414 g/mol. The molecule has 3 nitrogen and oxygen atoms in total. The van der Waals surface area contributed by atoms with Crippen molar-refractivity contribution >= 4 is 44.1 Å². The highest BCUT2D eigenvalue weighted by Gasteiger charge is 2.50. The Balaban J connectivity index is 5.26. The topological polar surface area (TPSA) is 27.7 Å². The van der Waals surface area contributed by atoms with E-state index in [0.29, 0.717) is 11.1 Å². The summed E-state index contributed by atoms with van der Waals surface area (Å²) in [4.78, 5) is 0. The van der Waals surface area contributed by atoms with E-state index in [0.717, 1.165) is 12.8 Å². The molecule has 0 aromatic heterocycles. The first kappa shape index (κ1) is 24.0. The second kappa shape index (κ2) is 8.61. The first-order chi connectivity index (χ1) is 10.1. The van der Waals surface area contributed by atoms with Gasteiger partial charge >= 0.3 is 17.1 Å². The maximum atomic E-state index is 7.14. The van der Waals surface area contributed by atoms with Gasteiger partial charge in [0.1, 0.15) is 0 Å². The van der Waals surface area contributed by atoms with Crippen LogP contribution in [0.3, 0.4) is 0 Å². The van der Waals surface area contributed by atoms with Crippen LogP contribution in [0.4, 0.5) is 0 Å². The van der Waals surface area contributed by atoms with Gasteiger partial charge in [-0.1, -0.05) is 40.5 Å². The number of halogens is 1. The van der Waals surface area contributed by atoms with Crippen LogP contribution in [0.2, 0.25) is 56.9 Å². The normalized spacial score (nSPS) is 19.3. The smallest absolute Gasteiger partial charge is 0.313 e. The van der Waals surface area contributed by atoms with Crippen LogP contribution in [0.25, 0.3) is 0 Å². The minimum atomic E-state index is -2.36. The lowest BCUT2D eigenvalue weighted by Gasteiger charge is -2.43. The molecule has 0 radical (unpaired) electrons. The van der Waals surface area contributed by atoms with E-state index in [-0.39, 0.29) is 0 Å². The molecule has 0 N–H and O–H groups in total. The van der Waals surface area contributed by atoms with E-state index in [9.17, 15) is 0 Å². The molecule has 0 aromatic carbocycles.